The van der Waals surface area contributed by atoms with E-state index in [1.807, 2.05) is 0 Å². The molecule has 1 aliphatic rings. The average molecular weight is 183 g/mol. The molecule has 1 rings (SSSR count). The topological polar surface area (TPSA) is 12.0 Å². The molecule has 0 amide bonds. The number of rotatable bonds is 4. The number of hydrogen-bond donors (Lipinski definition) is 1. The zero-order valence-corrected chi connectivity index (χ0v) is 9.69. The van der Waals surface area contributed by atoms with Crippen molar-refractivity contribution >= 4 is 0 Å². The summed E-state index contributed by atoms with van der Waals surface area (Å²) in [6.07, 6.45) is 6.89. The Labute approximate surface area is 83.3 Å². The predicted octanol–water partition coefficient (Wildman–Crippen LogP) is 3.20. The van der Waals surface area contributed by atoms with Crippen molar-refractivity contribution in [2.75, 3.05) is 7.05 Å². The molecule has 0 aromatic rings. The SMILES string of the molecule is CCC(CC)C1(C)CCC(NC)C1. The van der Waals surface area contributed by atoms with Crippen LogP contribution in [-0.4, -0.2) is 13.1 Å². The highest BCUT2D eigenvalue weighted by atomic mass is 14.9. The van der Waals surface area contributed by atoms with E-state index in [0.29, 0.717) is 5.41 Å². The standard InChI is InChI=1S/C12H25N/c1-5-10(6-2)12(3)8-7-11(9-12)13-4/h10-11,13H,5-9H2,1-4H3. The van der Waals surface area contributed by atoms with Crippen LogP contribution in [0.4, 0.5) is 0 Å². The van der Waals surface area contributed by atoms with Crippen molar-refractivity contribution in [3.8, 4) is 0 Å². The molecule has 0 bridgehead atoms. The first-order chi connectivity index (χ1) is 6.16. The molecule has 78 valence electrons. The lowest BCUT2D eigenvalue weighted by Gasteiger charge is -2.33. The molecule has 0 aromatic heterocycles. The summed E-state index contributed by atoms with van der Waals surface area (Å²) in [4.78, 5) is 0. The molecule has 0 aliphatic heterocycles. The lowest BCUT2D eigenvalue weighted by Crippen LogP contribution is -2.28. The molecule has 2 unspecified atom stereocenters. The van der Waals surface area contributed by atoms with E-state index in [2.05, 4.69) is 33.1 Å². The van der Waals surface area contributed by atoms with Gasteiger partial charge < -0.3 is 5.32 Å². The number of nitrogens with one attached hydrogen (secondary N) is 1. The van der Waals surface area contributed by atoms with Gasteiger partial charge in [-0.15, -0.1) is 0 Å². The fraction of sp³-hybridized carbons (Fsp3) is 1.00. The summed E-state index contributed by atoms with van der Waals surface area (Å²) >= 11 is 0. The molecule has 1 saturated carbocycles. The van der Waals surface area contributed by atoms with E-state index in [0.717, 1.165) is 12.0 Å². The van der Waals surface area contributed by atoms with Gasteiger partial charge in [-0.05, 0) is 37.6 Å². The highest BCUT2D eigenvalue weighted by Crippen LogP contribution is 2.46. The van der Waals surface area contributed by atoms with E-state index in [-0.39, 0.29) is 0 Å². The quantitative estimate of drug-likeness (QED) is 0.706. The van der Waals surface area contributed by atoms with Crippen molar-refractivity contribution in [1.82, 2.24) is 5.32 Å². The van der Waals surface area contributed by atoms with E-state index in [1.54, 1.807) is 0 Å². The summed E-state index contributed by atoms with van der Waals surface area (Å²) in [6, 6.07) is 0.783. The van der Waals surface area contributed by atoms with Crippen LogP contribution in [0.2, 0.25) is 0 Å². The minimum Gasteiger partial charge on any atom is -0.317 e. The van der Waals surface area contributed by atoms with Crippen LogP contribution in [0.15, 0.2) is 0 Å². The molecule has 0 saturated heterocycles. The van der Waals surface area contributed by atoms with Crippen LogP contribution in [-0.2, 0) is 0 Å². The van der Waals surface area contributed by atoms with Crippen molar-refractivity contribution in [3.63, 3.8) is 0 Å². The Bertz CT molecular complexity index is 151. The third-order valence-electron chi connectivity index (χ3n) is 4.16. The van der Waals surface area contributed by atoms with E-state index < -0.39 is 0 Å². The minimum atomic E-state index is 0.622. The Hall–Kier alpha value is -0.0400. The third kappa shape index (κ3) is 2.25. The zero-order valence-electron chi connectivity index (χ0n) is 9.69. The molecule has 1 nitrogen and oxygen atoms in total. The van der Waals surface area contributed by atoms with Gasteiger partial charge in [0.2, 0.25) is 0 Å². The molecule has 1 heteroatoms. The van der Waals surface area contributed by atoms with Crippen molar-refractivity contribution < 1.29 is 0 Å². The molecule has 0 aromatic carbocycles. The Morgan fingerprint density at radius 1 is 1.38 bits per heavy atom. The van der Waals surface area contributed by atoms with Gasteiger partial charge in [-0.3, -0.25) is 0 Å². The smallest absolute Gasteiger partial charge is 0.00695 e. The van der Waals surface area contributed by atoms with Gasteiger partial charge in [0.05, 0.1) is 0 Å². The van der Waals surface area contributed by atoms with Crippen LogP contribution in [0.5, 0.6) is 0 Å². The van der Waals surface area contributed by atoms with Crippen molar-refractivity contribution in [2.24, 2.45) is 11.3 Å². The van der Waals surface area contributed by atoms with Crippen LogP contribution in [0.3, 0.4) is 0 Å². The van der Waals surface area contributed by atoms with Crippen LogP contribution in [0, 0.1) is 11.3 Å². The normalized spacial score (nSPS) is 34.4. The van der Waals surface area contributed by atoms with Gasteiger partial charge in [-0.25, -0.2) is 0 Å². The lowest BCUT2D eigenvalue weighted by molar-refractivity contribution is 0.176. The highest BCUT2D eigenvalue weighted by Gasteiger charge is 2.38. The molecular formula is C12H25N. The second-order valence-corrected chi connectivity index (χ2v) is 4.90. The molecule has 13 heavy (non-hydrogen) atoms. The molecule has 1 aliphatic carbocycles. The maximum absolute atomic E-state index is 3.42. The summed E-state index contributed by atoms with van der Waals surface area (Å²) < 4.78 is 0. The van der Waals surface area contributed by atoms with Crippen LogP contribution in [0.1, 0.15) is 52.9 Å². The van der Waals surface area contributed by atoms with E-state index >= 15 is 0 Å². The van der Waals surface area contributed by atoms with Crippen molar-refractivity contribution in [3.05, 3.63) is 0 Å². The summed E-state index contributed by atoms with van der Waals surface area (Å²) in [7, 11) is 2.10. The molecular weight excluding hydrogens is 158 g/mol. The van der Waals surface area contributed by atoms with Gasteiger partial charge in [0.25, 0.3) is 0 Å². The summed E-state index contributed by atoms with van der Waals surface area (Å²) in [5.41, 5.74) is 0.622. The van der Waals surface area contributed by atoms with Gasteiger partial charge in [-0.2, -0.15) is 0 Å². The molecule has 1 fully saturated rings. The van der Waals surface area contributed by atoms with E-state index in [9.17, 15) is 0 Å². The van der Waals surface area contributed by atoms with Crippen molar-refractivity contribution in [2.45, 2.75) is 58.9 Å². The minimum absolute atomic E-state index is 0.622. The Morgan fingerprint density at radius 3 is 2.38 bits per heavy atom. The van der Waals surface area contributed by atoms with Gasteiger partial charge >= 0.3 is 0 Å². The highest BCUT2D eigenvalue weighted by molar-refractivity contribution is 4.92. The fourth-order valence-electron chi connectivity index (χ4n) is 3.16. The van der Waals surface area contributed by atoms with Crippen LogP contribution < -0.4 is 5.32 Å². The largest absolute Gasteiger partial charge is 0.317 e. The molecule has 0 heterocycles. The van der Waals surface area contributed by atoms with Gasteiger partial charge in [0.1, 0.15) is 0 Å². The third-order valence-corrected chi connectivity index (χ3v) is 4.16. The summed E-state index contributed by atoms with van der Waals surface area (Å²) in [5.74, 6) is 0.936. The first-order valence-electron chi connectivity index (χ1n) is 5.83. The second-order valence-electron chi connectivity index (χ2n) is 4.90. The van der Waals surface area contributed by atoms with Crippen molar-refractivity contribution in [1.29, 1.82) is 0 Å². The first kappa shape index (κ1) is 11.0. The van der Waals surface area contributed by atoms with E-state index in [1.165, 1.54) is 32.1 Å². The Morgan fingerprint density at radius 2 is 2.00 bits per heavy atom. The first-order valence-corrected chi connectivity index (χ1v) is 5.83. The molecule has 2 atom stereocenters. The molecule has 1 N–H and O–H groups in total. The predicted molar refractivity (Wildman–Crippen MR) is 58.9 cm³/mol. The molecule has 0 spiro atoms. The van der Waals surface area contributed by atoms with Gasteiger partial charge in [0.15, 0.2) is 0 Å². The maximum atomic E-state index is 3.42. The Kier molecular flexibility index (Phi) is 3.78. The maximum Gasteiger partial charge on any atom is 0.00695 e. The lowest BCUT2D eigenvalue weighted by atomic mass is 9.73. The van der Waals surface area contributed by atoms with Gasteiger partial charge in [0, 0.05) is 6.04 Å². The Balaban J connectivity index is 2.56. The summed E-state index contributed by atoms with van der Waals surface area (Å²) in [5, 5.41) is 3.42. The van der Waals surface area contributed by atoms with Gasteiger partial charge in [-0.1, -0.05) is 33.6 Å². The summed E-state index contributed by atoms with van der Waals surface area (Å²) in [6.45, 7) is 7.17. The van der Waals surface area contributed by atoms with Crippen LogP contribution in [0.25, 0.3) is 0 Å². The fourth-order valence-corrected chi connectivity index (χ4v) is 3.16. The zero-order chi connectivity index (χ0) is 9.90. The number of hydrogen-bond acceptors (Lipinski definition) is 1. The molecule has 0 radical (unpaired) electrons. The average Bonchev–Trinajstić information content (AvgIpc) is 2.50. The van der Waals surface area contributed by atoms with Crippen LogP contribution >= 0.6 is 0 Å². The van der Waals surface area contributed by atoms with E-state index in [4.69, 9.17) is 0 Å². The monoisotopic (exact) mass is 183 g/mol. The second kappa shape index (κ2) is 4.45.